The predicted molar refractivity (Wildman–Crippen MR) is 96.6 cm³/mol. The third kappa shape index (κ3) is 5.91. The van der Waals surface area contributed by atoms with Gasteiger partial charge in [0.15, 0.2) is 6.61 Å². The summed E-state index contributed by atoms with van der Waals surface area (Å²) in [6.45, 7) is 5.99. The number of hydrogen-bond acceptors (Lipinski definition) is 5. The van der Waals surface area contributed by atoms with Gasteiger partial charge in [-0.15, -0.1) is 0 Å². The Morgan fingerprint density at radius 2 is 2.00 bits per heavy atom. The SMILES string of the molecule is Cc1ccc2c(CC(=O)OCC(=O)NC(=O)NCCC(C)C)coc2c1. The highest BCUT2D eigenvalue weighted by Gasteiger charge is 2.14. The van der Waals surface area contributed by atoms with Crippen molar-refractivity contribution in [3.8, 4) is 0 Å². The molecule has 0 radical (unpaired) electrons. The number of rotatable bonds is 7. The number of imide groups is 1. The minimum absolute atomic E-state index is 0.00999. The molecule has 2 aromatic rings. The molecule has 0 unspecified atom stereocenters. The number of hydrogen-bond donors (Lipinski definition) is 2. The minimum atomic E-state index is -0.673. The van der Waals surface area contributed by atoms with Gasteiger partial charge in [0, 0.05) is 17.5 Å². The molecule has 26 heavy (non-hydrogen) atoms. The van der Waals surface area contributed by atoms with Crippen molar-refractivity contribution in [3.63, 3.8) is 0 Å². The van der Waals surface area contributed by atoms with E-state index in [0.717, 1.165) is 17.4 Å². The van der Waals surface area contributed by atoms with Gasteiger partial charge in [0.25, 0.3) is 5.91 Å². The van der Waals surface area contributed by atoms with Gasteiger partial charge in [-0.2, -0.15) is 0 Å². The lowest BCUT2D eigenvalue weighted by Gasteiger charge is -2.08. The maximum atomic E-state index is 11.9. The molecule has 0 aliphatic heterocycles. The summed E-state index contributed by atoms with van der Waals surface area (Å²) >= 11 is 0. The van der Waals surface area contributed by atoms with Gasteiger partial charge < -0.3 is 14.5 Å². The summed E-state index contributed by atoms with van der Waals surface area (Å²) in [5, 5.41) is 5.52. The first kappa shape index (κ1) is 19.5. The fraction of sp³-hybridized carbons (Fsp3) is 0.421. The van der Waals surface area contributed by atoms with E-state index in [2.05, 4.69) is 10.6 Å². The van der Waals surface area contributed by atoms with E-state index in [9.17, 15) is 14.4 Å². The van der Waals surface area contributed by atoms with Gasteiger partial charge in [0.05, 0.1) is 12.7 Å². The number of ether oxygens (including phenoxy) is 1. The van der Waals surface area contributed by atoms with E-state index in [4.69, 9.17) is 9.15 Å². The first-order valence-electron chi connectivity index (χ1n) is 8.55. The lowest BCUT2D eigenvalue weighted by atomic mass is 10.1. The van der Waals surface area contributed by atoms with E-state index in [0.29, 0.717) is 23.6 Å². The van der Waals surface area contributed by atoms with Gasteiger partial charge in [-0.1, -0.05) is 26.0 Å². The van der Waals surface area contributed by atoms with Crippen molar-refractivity contribution in [2.75, 3.05) is 13.2 Å². The van der Waals surface area contributed by atoms with Gasteiger partial charge >= 0.3 is 12.0 Å². The highest BCUT2D eigenvalue weighted by atomic mass is 16.5. The molecule has 1 heterocycles. The summed E-state index contributed by atoms with van der Waals surface area (Å²) in [6.07, 6.45) is 2.31. The summed E-state index contributed by atoms with van der Waals surface area (Å²) in [6, 6.07) is 5.10. The van der Waals surface area contributed by atoms with Crippen molar-refractivity contribution in [1.29, 1.82) is 0 Å². The van der Waals surface area contributed by atoms with Gasteiger partial charge in [0.1, 0.15) is 5.58 Å². The zero-order valence-electron chi connectivity index (χ0n) is 15.3. The Kier molecular flexibility index (Phi) is 6.77. The van der Waals surface area contributed by atoms with E-state index in [1.54, 1.807) is 0 Å². The number of benzene rings is 1. The van der Waals surface area contributed by atoms with Gasteiger partial charge in [-0.25, -0.2) is 4.79 Å². The molecule has 1 aromatic heterocycles. The van der Waals surface area contributed by atoms with Crippen LogP contribution in [0.2, 0.25) is 0 Å². The van der Waals surface area contributed by atoms with Crippen LogP contribution in [-0.2, 0) is 20.7 Å². The second kappa shape index (κ2) is 9.03. The fourth-order valence-electron chi connectivity index (χ4n) is 2.36. The molecule has 0 aliphatic carbocycles. The number of carbonyl (C=O) groups is 3. The number of amides is 3. The van der Waals surface area contributed by atoms with Crippen LogP contribution in [0.15, 0.2) is 28.9 Å². The molecule has 0 aliphatic rings. The lowest BCUT2D eigenvalue weighted by Crippen LogP contribution is -2.42. The second-order valence-electron chi connectivity index (χ2n) is 6.58. The molecule has 2 rings (SSSR count). The normalized spacial score (nSPS) is 10.8. The van der Waals surface area contributed by atoms with Gasteiger partial charge in [0.2, 0.25) is 0 Å². The van der Waals surface area contributed by atoms with Crippen molar-refractivity contribution in [2.24, 2.45) is 5.92 Å². The maximum Gasteiger partial charge on any atom is 0.321 e. The molecule has 0 bridgehead atoms. The van der Waals surface area contributed by atoms with Crippen LogP contribution in [0.3, 0.4) is 0 Å². The number of carbonyl (C=O) groups excluding carboxylic acids is 3. The third-order valence-electron chi connectivity index (χ3n) is 3.77. The molecule has 0 saturated heterocycles. The van der Waals surface area contributed by atoms with Crippen LogP contribution in [0.5, 0.6) is 0 Å². The maximum absolute atomic E-state index is 11.9. The van der Waals surface area contributed by atoms with E-state index < -0.39 is 24.5 Å². The van der Waals surface area contributed by atoms with E-state index in [-0.39, 0.29) is 6.42 Å². The van der Waals surface area contributed by atoms with Crippen LogP contribution in [0.1, 0.15) is 31.4 Å². The molecular weight excluding hydrogens is 336 g/mol. The highest BCUT2D eigenvalue weighted by Crippen LogP contribution is 2.22. The smallest absolute Gasteiger partial charge is 0.321 e. The molecule has 0 fully saturated rings. The Balaban J connectivity index is 1.75. The lowest BCUT2D eigenvalue weighted by molar-refractivity contribution is -0.147. The van der Waals surface area contributed by atoms with Crippen LogP contribution in [0.25, 0.3) is 11.0 Å². The van der Waals surface area contributed by atoms with Crippen LogP contribution in [-0.4, -0.2) is 31.1 Å². The number of urea groups is 1. The second-order valence-corrected chi connectivity index (χ2v) is 6.58. The van der Waals surface area contributed by atoms with Crippen molar-refractivity contribution >= 4 is 28.9 Å². The van der Waals surface area contributed by atoms with Crippen LogP contribution in [0, 0.1) is 12.8 Å². The number of fused-ring (bicyclic) bond motifs is 1. The first-order chi connectivity index (χ1) is 12.3. The largest absolute Gasteiger partial charge is 0.464 e. The molecule has 0 atom stereocenters. The topological polar surface area (TPSA) is 97.6 Å². The number of aryl methyl sites for hydroxylation is 1. The van der Waals surface area contributed by atoms with E-state index in [1.165, 1.54) is 6.26 Å². The summed E-state index contributed by atoms with van der Waals surface area (Å²) in [7, 11) is 0. The zero-order valence-corrected chi connectivity index (χ0v) is 15.3. The molecule has 7 nitrogen and oxygen atoms in total. The Morgan fingerprint density at radius 3 is 2.73 bits per heavy atom. The van der Waals surface area contributed by atoms with Crippen molar-refractivity contribution in [1.82, 2.24) is 10.6 Å². The summed E-state index contributed by atoms with van der Waals surface area (Å²) in [5.74, 6) is -0.786. The number of esters is 1. The molecular formula is C19H24N2O5. The average molecular weight is 360 g/mol. The molecule has 0 saturated carbocycles. The zero-order chi connectivity index (χ0) is 19.1. The van der Waals surface area contributed by atoms with Gasteiger partial charge in [-0.05, 0) is 30.9 Å². The first-order valence-corrected chi connectivity index (χ1v) is 8.55. The summed E-state index contributed by atoms with van der Waals surface area (Å²) in [5.41, 5.74) is 2.45. The quantitative estimate of drug-likeness (QED) is 0.740. The molecule has 3 amide bonds. The van der Waals surface area contributed by atoms with Crippen LogP contribution < -0.4 is 10.6 Å². The molecule has 7 heteroatoms. The number of furan rings is 1. The minimum Gasteiger partial charge on any atom is -0.464 e. The molecule has 1 aromatic carbocycles. The van der Waals surface area contributed by atoms with Crippen molar-refractivity contribution in [3.05, 3.63) is 35.6 Å². The Morgan fingerprint density at radius 1 is 1.23 bits per heavy atom. The van der Waals surface area contributed by atoms with Crippen LogP contribution in [0.4, 0.5) is 4.79 Å². The molecule has 0 spiro atoms. The third-order valence-corrected chi connectivity index (χ3v) is 3.77. The van der Waals surface area contributed by atoms with Gasteiger partial charge in [-0.3, -0.25) is 14.9 Å². The molecule has 2 N–H and O–H groups in total. The fourth-order valence-corrected chi connectivity index (χ4v) is 2.36. The standard InChI is InChI=1S/C19H24N2O5/c1-12(2)6-7-20-19(24)21-17(22)11-26-18(23)9-14-10-25-16-8-13(3)4-5-15(14)16/h4-5,8,10,12H,6-7,9,11H2,1-3H3,(H2,20,21,22,24). The van der Waals surface area contributed by atoms with Crippen molar-refractivity contribution < 1.29 is 23.5 Å². The Hall–Kier alpha value is -2.83. The average Bonchev–Trinajstić information content (AvgIpc) is 2.94. The summed E-state index contributed by atoms with van der Waals surface area (Å²) in [4.78, 5) is 35.1. The predicted octanol–water partition coefficient (Wildman–Crippen LogP) is 2.70. The Bertz CT molecular complexity index is 794. The van der Waals surface area contributed by atoms with E-state index in [1.807, 2.05) is 39.0 Å². The van der Waals surface area contributed by atoms with E-state index >= 15 is 0 Å². The van der Waals surface area contributed by atoms with Crippen LogP contribution >= 0.6 is 0 Å². The summed E-state index contributed by atoms with van der Waals surface area (Å²) < 4.78 is 10.3. The molecule has 140 valence electrons. The number of nitrogens with one attached hydrogen (secondary N) is 2. The Labute approximate surface area is 152 Å². The monoisotopic (exact) mass is 360 g/mol. The highest BCUT2D eigenvalue weighted by molar-refractivity contribution is 5.95. The van der Waals surface area contributed by atoms with Crippen molar-refractivity contribution in [2.45, 2.75) is 33.6 Å².